The van der Waals surface area contributed by atoms with Crippen LogP contribution in [0, 0.1) is 6.92 Å². The Balaban J connectivity index is 1.58. The van der Waals surface area contributed by atoms with Gasteiger partial charge in [0.15, 0.2) is 0 Å². The standard InChI is InChI=1S/C19H22N2O/c1-14-7-9-17(10-8-14)20-19(22)11-12-21-15(2)13-16-5-3-4-6-18(16)21/h3-10,15H,11-13H2,1-2H3,(H,20,22). The van der Waals surface area contributed by atoms with E-state index in [0.29, 0.717) is 12.5 Å². The SMILES string of the molecule is Cc1ccc(NC(=O)CCN2c3ccccc3CC2C)cc1. The molecule has 0 saturated heterocycles. The van der Waals surface area contributed by atoms with Gasteiger partial charge in [-0.1, -0.05) is 35.9 Å². The molecular weight excluding hydrogens is 272 g/mol. The molecule has 1 unspecified atom stereocenters. The number of benzene rings is 2. The van der Waals surface area contributed by atoms with Gasteiger partial charge in [-0.05, 0) is 44.0 Å². The van der Waals surface area contributed by atoms with Crippen LogP contribution in [0.2, 0.25) is 0 Å². The van der Waals surface area contributed by atoms with Crippen LogP contribution < -0.4 is 10.2 Å². The Morgan fingerprint density at radius 1 is 1.18 bits per heavy atom. The topological polar surface area (TPSA) is 32.3 Å². The molecule has 1 N–H and O–H groups in total. The molecular formula is C19H22N2O. The molecule has 1 atom stereocenters. The summed E-state index contributed by atoms with van der Waals surface area (Å²) in [4.78, 5) is 14.5. The second kappa shape index (κ2) is 6.22. The molecule has 0 bridgehead atoms. The van der Waals surface area contributed by atoms with Crippen molar-refractivity contribution in [2.75, 3.05) is 16.8 Å². The maximum Gasteiger partial charge on any atom is 0.226 e. The van der Waals surface area contributed by atoms with Crippen molar-refractivity contribution in [3.63, 3.8) is 0 Å². The fraction of sp³-hybridized carbons (Fsp3) is 0.316. The molecule has 0 radical (unpaired) electrons. The highest BCUT2D eigenvalue weighted by Crippen LogP contribution is 2.31. The van der Waals surface area contributed by atoms with E-state index in [0.717, 1.165) is 18.7 Å². The van der Waals surface area contributed by atoms with Gasteiger partial charge in [0.05, 0.1) is 0 Å². The van der Waals surface area contributed by atoms with Gasteiger partial charge in [0, 0.05) is 30.4 Å². The number of amides is 1. The van der Waals surface area contributed by atoms with Crippen LogP contribution in [-0.4, -0.2) is 18.5 Å². The van der Waals surface area contributed by atoms with Gasteiger partial charge in [-0.15, -0.1) is 0 Å². The van der Waals surface area contributed by atoms with Crippen LogP contribution in [0.15, 0.2) is 48.5 Å². The minimum absolute atomic E-state index is 0.0698. The van der Waals surface area contributed by atoms with Crippen LogP contribution in [-0.2, 0) is 11.2 Å². The highest BCUT2D eigenvalue weighted by atomic mass is 16.1. The molecule has 1 aliphatic heterocycles. The smallest absolute Gasteiger partial charge is 0.226 e. The van der Waals surface area contributed by atoms with E-state index in [2.05, 4.69) is 41.4 Å². The lowest BCUT2D eigenvalue weighted by molar-refractivity contribution is -0.116. The average molecular weight is 294 g/mol. The van der Waals surface area contributed by atoms with Crippen molar-refractivity contribution in [3.05, 3.63) is 59.7 Å². The number of para-hydroxylation sites is 1. The van der Waals surface area contributed by atoms with Gasteiger partial charge in [-0.3, -0.25) is 4.79 Å². The van der Waals surface area contributed by atoms with Crippen LogP contribution in [0.3, 0.4) is 0 Å². The number of rotatable bonds is 4. The summed E-state index contributed by atoms with van der Waals surface area (Å²) < 4.78 is 0. The molecule has 3 nitrogen and oxygen atoms in total. The zero-order valence-corrected chi connectivity index (χ0v) is 13.2. The number of carbonyl (C=O) groups is 1. The molecule has 22 heavy (non-hydrogen) atoms. The van der Waals surface area contributed by atoms with Gasteiger partial charge in [0.25, 0.3) is 0 Å². The van der Waals surface area contributed by atoms with E-state index in [1.165, 1.54) is 16.8 Å². The molecule has 0 saturated carbocycles. The molecule has 2 aromatic carbocycles. The summed E-state index contributed by atoms with van der Waals surface area (Å²) in [7, 11) is 0. The van der Waals surface area contributed by atoms with Gasteiger partial charge in [-0.25, -0.2) is 0 Å². The molecule has 3 heteroatoms. The maximum absolute atomic E-state index is 12.1. The van der Waals surface area contributed by atoms with Crippen molar-refractivity contribution in [1.82, 2.24) is 0 Å². The quantitative estimate of drug-likeness (QED) is 0.931. The minimum Gasteiger partial charge on any atom is -0.368 e. The van der Waals surface area contributed by atoms with Crippen molar-refractivity contribution in [2.45, 2.75) is 32.7 Å². The van der Waals surface area contributed by atoms with Gasteiger partial charge >= 0.3 is 0 Å². The molecule has 1 heterocycles. The first-order valence-corrected chi connectivity index (χ1v) is 7.84. The molecule has 114 valence electrons. The van der Waals surface area contributed by atoms with E-state index in [-0.39, 0.29) is 5.91 Å². The average Bonchev–Trinajstić information content (AvgIpc) is 2.83. The number of anilines is 2. The van der Waals surface area contributed by atoms with Crippen molar-refractivity contribution in [2.24, 2.45) is 0 Å². The molecule has 3 rings (SSSR count). The van der Waals surface area contributed by atoms with Crippen LogP contribution in [0.4, 0.5) is 11.4 Å². The summed E-state index contributed by atoms with van der Waals surface area (Å²) in [6, 6.07) is 16.8. The summed E-state index contributed by atoms with van der Waals surface area (Å²) in [6.45, 7) is 5.02. The Labute approximate surface area is 132 Å². The normalized spacial score (nSPS) is 16.5. The minimum atomic E-state index is 0.0698. The van der Waals surface area contributed by atoms with E-state index in [1.54, 1.807) is 0 Å². The molecule has 0 fully saturated rings. The Morgan fingerprint density at radius 3 is 2.68 bits per heavy atom. The van der Waals surface area contributed by atoms with Crippen molar-refractivity contribution in [1.29, 1.82) is 0 Å². The first-order chi connectivity index (χ1) is 10.6. The number of nitrogens with one attached hydrogen (secondary N) is 1. The number of nitrogens with zero attached hydrogens (tertiary/aromatic N) is 1. The van der Waals surface area contributed by atoms with Crippen molar-refractivity contribution in [3.8, 4) is 0 Å². The number of hydrogen-bond acceptors (Lipinski definition) is 2. The summed E-state index contributed by atoms with van der Waals surface area (Å²) in [6.07, 6.45) is 1.57. The summed E-state index contributed by atoms with van der Waals surface area (Å²) in [5, 5.41) is 2.97. The number of aryl methyl sites for hydroxylation is 1. The summed E-state index contributed by atoms with van der Waals surface area (Å²) in [5.41, 5.74) is 4.72. The van der Waals surface area contributed by atoms with E-state index in [9.17, 15) is 4.79 Å². The highest BCUT2D eigenvalue weighted by Gasteiger charge is 2.25. The van der Waals surface area contributed by atoms with Crippen LogP contribution >= 0.6 is 0 Å². The summed E-state index contributed by atoms with van der Waals surface area (Å²) >= 11 is 0. The highest BCUT2D eigenvalue weighted by molar-refractivity contribution is 5.91. The first-order valence-electron chi connectivity index (χ1n) is 7.84. The van der Waals surface area contributed by atoms with E-state index in [4.69, 9.17) is 0 Å². The van der Waals surface area contributed by atoms with Crippen molar-refractivity contribution < 1.29 is 4.79 Å². The Hall–Kier alpha value is -2.29. The fourth-order valence-electron chi connectivity index (χ4n) is 3.05. The Morgan fingerprint density at radius 2 is 1.91 bits per heavy atom. The zero-order valence-electron chi connectivity index (χ0n) is 13.2. The lowest BCUT2D eigenvalue weighted by Crippen LogP contribution is -2.32. The molecule has 0 spiro atoms. The maximum atomic E-state index is 12.1. The summed E-state index contributed by atoms with van der Waals surface area (Å²) in [5.74, 6) is 0.0698. The van der Waals surface area contributed by atoms with Crippen LogP contribution in [0.25, 0.3) is 0 Å². The van der Waals surface area contributed by atoms with E-state index >= 15 is 0 Å². The van der Waals surface area contributed by atoms with Gasteiger partial charge in [0.2, 0.25) is 5.91 Å². The second-order valence-corrected chi connectivity index (χ2v) is 6.04. The Kier molecular flexibility index (Phi) is 4.14. The Bertz CT molecular complexity index is 663. The number of carbonyl (C=O) groups excluding carboxylic acids is 1. The third-order valence-electron chi connectivity index (χ3n) is 4.26. The second-order valence-electron chi connectivity index (χ2n) is 6.04. The predicted octanol–water partition coefficient (Wildman–Crippen LogP) is 3.77. The number of hydrogen-bond donors (Lipinski definition) is 1. The number of fused-ring (bicyclic) bond motifs is 1. The zero-order chi connectivity index (χ0) is 15.5. The van der Waals surface area contributed by atoms with E-state index < -0.39 is 0 Å². The first kappa shape index (κ1) is 14.6. The lowest BCUT2D eigenvalue weighted by Gasteiger charge is -2.24. The third kappa shape index (κ3) is 3.14. The fourth-order valence-corrected chi connectivity index (χ4v) is 3.05. The van der Waals surface area contributed by atoms with Crippen molar-refractivity contribution >= 4 is 17.3 Å². The van der Waals surface area contributed by atoms with Gasteiger partial charge in [-0.2, -0.15) is 0 Å². The monoisotopic (exact) mass is 294 g/mol. The predicted molar refractivity (Wildman–Crippen MR) is 91.4 cm³/mol. The van der Waals surface area contributed by atoms with Gasteiger partial charge in [0.1, 0.15) is 0 Å². The lowest BCUT2D eigenvalue weighted by atomic mass is 10.1. The van der Waals surface area contributed by atoms with Crippen LogP contribution in [0.5, 0.6) is 0 Å². The van der Waals surface area contributed by atoms with Crippen LogP contribution in [0.1, 0.15) is 24.5 Å². The largest absolute Gasteiger partial charge is 0.368 e. The van der Waals surface area contributed by atoms with E-state index in [1.807, 2.05) is 31.2 Å². The molecule has 1 amide bonds. The third-order valence-corrected chi connectivity index (χ3v) is 4.26. The molecule has 0 aliphatic carbocycles. The molecule has 1 aliphatic rings. The van der Waals surface area contributed by atoms with Gasteiger partial charge < -0.3 is 10.2 Å². The molecule has 0 aromatic heterocycles. The molecule has 2 aromatic rings.